The maximum Gasteiger partial charge on any atom is 0.251 e. The lowest BCUT2D eigenvalue weighted by Gasteiger charge is -2.36. The Labute approximate surface area is 290 Å². The number of carbonyl (C=O) groups excluding carboxylic acids is 1. The molecule has 14 heteroatoms. The standard InChI is InChI=1S/C36H38F5N5O3S/c1-4-30(48)45-14-18(2)46-27(19(45)3)13-26(43-46)35-33(31-24(38)11-22(37)12-28(31)49-16-20-9-23(47)10-20)32-25(39)17-50-36(32)34(42-35)21-5-7-44(8-6-21)15-29(40)41/h4,11-13,17-21,23,29,47H,1,5-10,14-16H2,2-3H3/t18-,19+,20?,23?/m0/s1. The molecule has 1 aliphatic carbocycles. The number of pyridine rings is 1. The van der Waals surface area contributed by atoms with E-state index in [0.717, 1.165) is 23.5 Å². The predicted octanol–water partition coefficient (Wildman–Crippen LogP) is 7.49. The molecule has 0 bridgehead atoms. The SMILES string of the molecule is C=CC(=O)N1C[C@H](C)n2nc(-c3nc(C4CCN(CC(F)F)CC4)c4scc(F)c4c3-c3c(F)cc(F)cc3OCC3CC(O)C3)cc2[C@H]1C. The summed E-state index contributed by atoms with van der Waals surface area (Å²) in [7, 11) is 0. The van der Waals surface area contributed by atoms with Gasteiger partial charge in [-0.1, -0.05) is 6.58 Å². The summed E-state index contributed by atoms with van der Waals surface area (Å²) in [5.41, 5.74) is 1.63. The van der Waals surface area contributed by atoms with Gasteiger partial charge in [0.1, 0.15) is 28.9 Å². The zero-order chi connectivity index (χ0) is 35.4. The van der Waals surface area contributed by atoms with E-state index in [0.29, 0.717) is 67.1 Å². The van der Waals surface area contributed by atoms with E-state index < -0.39 is 36.0 Å². The van der Waals surface area contributed by atoms with Crippen molar-refractivity contribution >= 4 is 27.3 Å². The molecule has 3 aliphatic rings. The average Bonchev–Trinajstić information content (AvgIpc) is 3.69. The van der Waals surface area contributed by atoms with Gasteiger partial charge in [-0.15, -0.1) is 11.3 Å². The fourth-order valence-electron chi connectivity index (χ4n) is 7.61. The average molecular weight is 716 g/mol. The first-order valence-electron chi connectivity index (χ1n) is 16.9. The van der Waals surface area contributed by atoms with Crippen LogP contribution in [0.15, 0.2) is 36.2 Å². The Morgan fingerprint density at radius 3 is 2.54 bits per heavy atom. The van der Waals surface area contributed by atoms with Crippen LogP contribution in [0, 0.1) is 23.4 Å². The molecular formula is C36H38F5N5O3S. The zero-order valence-electron chi connectivity index (χ0n) is 27.7. The molecule has 0 unspecified atom stereocenters. The van der Waals surface area contributed by atoms with Crippen LogP contribution in [0.4, 0.5) is 22.0 Å². The summed E-state index contributed by atoms with van der Waals surface area (Å²) in [5.74, 6) is -3.04. The molecule has 266 valence electrons. The van der Waals surface area contributed by atoms with Crippen LogP contribution in [0.3, 0.4) is 0 Å². The molecule has 8 nitrogen and oxygen atoms in total. The van der Waals surface area contributed by atoms with Crippen molar-refractivity contribution in [3.8, 4) is 28.3 Å². The second-order valence-electron chi connectivity index (χ2n) is 13.7. The highest BCUT2D eigenvalue weighted by Crippen LogP contribution is 2.49. The van der Waals surface area contributed by atoms with Crippen molar-refractivity contribution in [3.05, 3.63) is 65.1 Å². The Morgan fingerprint density at radius 2 is 1.86 bits per heavy atom. The van der Waals surface area contributed by atoms with Crippen molar-refractivity contribution in [2.24, 2.45) is 5.92 Å². The normalized spacial score (nSPS) is 22.9. The largest absolute Gasteiger partial charge is 0.492 e. The van der Waals surface area contributed by atoms with Gasteiger partial charge in [0.2, 0.25) is 5.91 Å². The van der Waals surface area contributed by atoms with Gasteiger partial charge < -0.3 is 14.7 Å². The maximum absolute atomic E-state index is 16.2. The van der Waals surface area contributed by atoms with Crippen molar-refractivity contribution in [2.45, 2.75) is 70.1 Å². The van der Waals surface area contributed by atoms with Crippen LogP contribution < -0.4 is 4.74 Å². The lowest BCUT2D eigenvalue weighted by Crippen LogP contribution is -2.42. The Hall–Kier alpha value is -3.88. The number of benzene rings is 1. The van der Waals surface area contributed by atoms with E-state index >= 15 is 8.78 Å². The highest BCUT2D eigenvalue weighted by molar-refractivity contribution is 7.17. The van der Waals surface area contributed by atoms with Crippen LogP contribution in [0.5, 0.6) is 5.75 Å². The first-order valence-corrected chi connectivity index (χ1v) is 17.8. The number of aliphatic hydroxyl groups excluding tert-OH is 1. The molecule has 50 heavy (non-hydrogen) atoms. The van der Waals surface area contributed by atoms with Gasteiger partial charge in [-0.3, -0.25) is 14.4 Å². The number of amides is 1. The van der Waals surface area contributed by atoms with Gasteiger partial charge >= 0.3 is 0 Å². The summed E-state index contributed by atoms with van der Waals surface area (Å²) in [6, 6.07) is 2.91. The quantitative estimate of drug-likeness (QED) is 0.143. The van der Waals surface area contributed by atoms with Crippen LogP contribution in [-0.2, 0) is 4.79 Å². The van der Waals surface area contributed by atoms with Gasteiger partial charge in [0, 0.05) is 40.9 Å². The number of aliphatic hydroxyl groups is 1. The Kier molecular flexibility index (Phi) is 9.46. The summed E-state index contributed by atoms with van der Waals surface area (Å²) in [5, 5.41) is 16.1. The molecule has 1 saturated heterocycles. The number of halogens is 5. The van der Waals surface area contributed by atoms with Crippen molar-refractivity contribution in [1.82, 2.24) is 24.6 Å². The number of likely N-dealkylation sites (tertiary alicyclic amines) is 1. The topological polar surface area (TPSA) is 83.7 Å². The second-order valence-corrected chi connectivity index (χ2v) is 14.5. The summed E-state index contributed by atoms with van der Waals surface area (Å²) in [6.07, 6.45) is 0.349. The van der Waals surface area contributed by atoms with Crippen LogP contribution in [0.1, 0.15) is 68.9 Å². The number of ether oxygens (including phenoxy) is 1. The van der Waals surface area contributed by atoms with Gasteiger partial charge in [0.25, 0.3) is 6.43 Å². The highest BCUT2D eigenvalue weighted by atomic mass is 32.1. The first kappa shape index (κ1) is 34.6. The number of aromatic nitrogens is 3. The summed E-state index contributed by atoms with van der Waals surface area (Å²) < 4.78 is 81.8. The van der Waals surface area contributed by atoms with E-state index in [1.165, 1.54) is 11.5 Å². The molecule has 1 aromatic carbocycles. The third-order valence-corrected chi connectivity index (χ3v) is 11.2. The van der Waals surface area contributed by atoms with Gasteiger partial charge in [-0.05, 0) is 70.7 Å². The van der Waals surface area contributed by atoms with E-state index in [9.17, 15) is 23.1 Å². The van der Waals surface area contributed by atoms with Crippen molar-refractivity contribution in [1.29, 1.82) is 0 Å². The molecule has 1 amide bonds. The molecule has 1 N–H and O–H groups in total. The maximum atomic E-state index is 16.2. The Morgan fingerprint density at radius 1 is 1.12 bits per heavy atom. The molecule has 5 heterocycles. The number of nitrogens with zero attached hydrogens (tertiary/aromatic N) is 5. The number of hydrogen-bond acceptors (Lipinski definition) is 7. The number of thiophene rings is 1. The van der Waals surface area contributed by atoms with Gasteiger partial charge in [0.15, 0.2) is 0 Å². The molecule has 7 rings (SSSR count). The Balaban J connectivity index is 1.42. The molecule has 2 atom stereocenters. The summed E-state index contributed by atoms with van der Waals surface area (Å²) in [4.78, 5) is 21.2. The fraction of sp³-hybridized carbons (Fsp3) is 0.472. The summed E-state index contributed by atoms with van der Waals surface area (Å²) in [6.45, 7) is 8.35. The Bertz CT molecular complexity index is 1930. The third kappa shape index (κ3) is 6.30. The summed E-state index contributed by atoms with van der Waals surface area (Å²) >= 11 is 1.12. The number of hydrogen-bond donors (Lipinski definition) is 1. The van der Waals surface area contributed by atoms with Crippen LogP contribution in [0.2, 0.25) is 0 Å². The number of fused-ring (bicyclic) bond motifs is 2. The molecule has 3 aromatic heterocycles. The van der Waals surface area contributed by atoms with Crippen molar-refractivity contribution < 1.29 is 36.6 Å². The van der Waals surface area contributed by atoms with E-state index in [1.54, 1.807) is 20.5 Å². The third-order valence-electron chi connectivity index (χ3n) is 10.3. The monoisotopic (exact) mass is 715 g/mol. The lowest BCUT2D eigenvalue weighted by atomic mass is 9.83. The van der Waals surface area contributed by atoms with Crippen molar-refractivity contribution in [3.63, 3.8) is 0 Å². The van der Waals surface area contributed by atoms with E-state index in [1.807, 2.05) is 13.8 Å². The molecule has 0 spiro atoms. The minimum atomic E-state index is -2.46. The smallest absolute Gasteiger partial charge is 0.251 e. The zero-order valence-corrected chi connectivity index (χ0v) is 28.5. The van der Waals surface area contributed by atoms with Gasteiger partial charge in [-0.25, -0.2) is 26.9 Å². The fourth-order valence-corrected chi connectivity index (χ4v) is 8.60. The van der Waals surface area contributed by atoms with Gasteiger partial charge in [-0.2, -0.15) is 5.10 Å². The number of rotatable bonds is 9. The molecule has 0 radical (unpaired) electrons. The highest BCUT2D eigenvalue weighted by Gasteiger charge is 2.36. The molecule has 2 fully saturated rings. The van der Waals surface area contributed by atoms with Crippen molar-refractivity contribution in [2.75, 3.05) is 32.8 Å². The minimum Gasteiger partial charge on any atom is -0.492 e. The van der Waals surface area contributed by atoms with E-state index in [-0.39, 0.29) is 64.9 Å². The van der Waals surface area contributed by atoms with Gasteiger partial charge in [0.05, 0.1) is 58.7 Å². The van der Waals surface area contributed by atoms with E-state index in [2.05, 4.69) is 6.58 Å². The van der Waals surface area contributed by atoms with Crippen LogP contribution in [-0.4, -0.2) is 80.9 Å². The van der Waals surface area contributed by atoms with Crippen LogP contribution in [0.25, 0.3) is 32.6 Å². The first-order chi connectivity index (χ1) is 23.9. The second kappa shape index (κ2) is 13.7. The molecular weight excluding hydrogens is 677 g/mol. The lowest BCUT2D eigenvalue weighted by molar-refractivity contribution is -0.129. The number of piperidine rings is 1. The van der Waals surface area contributed by atoms with Crippen LogP contribution >= 0.6 is 11.3 Å². The number of carbonyl (C=O) groups is 1. The number of alkyl halides is 2. The predicted molar refractivity (Wildman–Crippen MR) is 180 cm³/mol. The molecule has 1 saturated carbocycles. The minimum absolute atomic E-state index is 0.0120. The molecule has 4 aromatic rings. The van der Waals surface area contributed by atoms with E-state index in [4.69, 9.17) is 14.8 Å². The molecule has 2 aliphatic heterocycles.